The highest BCUT2D eigenvalue weighted by Gasteiger charge is 2.41. The highest BCUT2D eigenvalue weighted by molar-refractivity contribution is 7.57. The van der Waals surface area contributed by atoms with Crippen LogP contribution in [0.1, 0.15) is 70.9 Å². The lowest BCUT2D eigenvalue weighted by atomic mass is 9.93. The molecule has 1 aliphatic carbocycles. The van der Waals surface area contributed by atoms with Crippen molar-refractivity contribution in [1.82, 2.24) is 0 Å². The molecule has 0 saturated heterocycles. The number of methoxy groups -OCH3 is 1. The quantitative estimate of drug-likeness (QED) is 0.0598. The molecule has 15 nitrogen and oxygen atoms in total. The van der Waals surface area contributed by atoms with Gasteiger partial charge in [0.25, 0.3) is 17.7 Å². The molecule has 21 heteroatoms. The van der Waals surface area contributed by atoms with Crippen LogP contribution >= 0.6 is 53.8 Å². The van der Waals surface area contributed by atoms with Gasteiger partial charge in [-0.25, -0.2) is 9.29 Å². The number of carboxylic acid groups (broad SMARTS) is 1. The Labute approximate surface area is 428 Å². The van der Waals surface area contributed by atoms with Crippen LogP contribution in [0.4, 0.5) is 21.5 Å². The van der Waals surface area contributed by atoms with Gasteiger partial charge in [-0.2, -0.15) is 0 Å². The minimum Gasteiger partial charge on any atom is -0.489 e. The summed E-state index contributed by atoms with van der Waals surface area (Å²) >= 11 is 23.0. The van der Waals surface area contributed by atoms with Crippen LogP contribution in [0.2, 0.25) is 5.02 Å². The van der Waals surface area contributed by atoms with Gasteiger partial charge in [0, 0.05) is 37.1 Å². The Morgan fingerprint density at radius 2 is 1.67 bits per heavy atom. The van der Waals surface area contributed by atoms with Crippen LogP contribution in [0.3, 0.4) is 0 Å². The standard InChI is InChI=1S/C18H15ClFNO3.C15H22ClNO2.C11H11Cl2NO2.C5H12NO4P/c1-3-10(2)24-16-9-15(14(20)8-13(16)19)21-17(22)11-6-4-5-7-12(11)18(21)23;1-5-13-8-6-7-11(2)15(13)17(14(18)9-16)12(3)10-19-4;1-7-6-16-9-5-3-2-4-8(9)14(7)11(15)10(12)13;1-11(9,10)3-2-4(6)5(7)8/h1,8-10H,4-7H2,2H3;6-8,12H,5,9-10H2,1-4H3;2-5,7,10H,6H2,1H3;4H,2-3,6H2,1H3,(H,7,8)(H,9,10). The molecule has 0 fully saturated rings. The minimum absolute atomic E-state index is 0.0223. The molecule has 4 amide bonds. The molecule has 5 atom stereocenters. The van der Waals surface area contributed by atoms with Crippen molar-refractivity contribution in [2.24, 2.45) is 5.73 Å². The molecule has 0 saturated carbocycles. The van der Waals surface area contributed by atoms with Crippen molar-refractivity contribution in [1.29, 1.82) is 0 Å². The van der Waals surface area contributed by atoms with Crippen LogP contribution in [0, 0.1) is 25.1 Å². The van der Waals surface area contributed by atoms with Crippen molar-refractivity contribution in [2.45, 2.75) is 102 Å². The number of carboxylic acids is 1. The number of alkyl halides is 3. The Bertz CT molecular complexity index is 2450. The molecule has 0 spiro atoms. The van der Waals surface area contributed by atoms with E-state index < -0.39 is 48.0 Å². The van der Waals surface area contributed by atoms with E-state index in [2.05, 4.69) is 18.9 Å². The molecule has 3 aromatic carbocycles. The number of aryl methyl sites for hydroxylation is 2. The van der Waals surface area contributed by atoms with Crippen LogP contribution in [-0.2, 0) is 39.7 Å². The molecule has 5 unspecified atom stereocenters. The number of aliphatic carboxylic acids is 1. The van der Waals surface area contributed by atoms with E-state index in [4.69, 9.17) is 82.8 Å². The number of carbonyl (C=O) groups is 5. The van der Waals surface area contributed by atoms with Crippen molar-refractivity contribution in [3.63, 3.8) is 0 Å². The fraction of sp³-hybridized carbons (Fsp3) is 0.449. The van der Waals surface area contributed by atoms with E-state index in [-0.39, 0.29) is 58.8 Å². The topological polar surface area (TPSA) is 206 Å². The third-order valence-corrected chi connectivity index (χ3v) is 13.0. The smallest absolute Gasteiger partial charge is 0.320 e. The number of imide groups is 1. The predicted octanol–water partition coefficient (Wildman–Crippen LogP) is 9.08. The van der Waals surface area contributed by atoms with Gasteiger partial charge >= 0.3 is 5.97 Å². The van der Waals surface area contributed by atoms with E-state index in [1.165, 1.54) is 12.7 Å². The lowest BCUT2D eigenvalue weighted by Gasteiger charge is -2.35. The number of carbonyl (C=O) groups excluding carboxylic acids is 4. The number of amides is 4. The molecule has 0 radical (unpaired) electrons. The number of fused-ring (bicyclic) bond motifs is 1. The summed E-state index contributed by atoms with van der Waals surface area (Å²) < 4.78 is 41.2. The van der Waals surface area contributed by atoms with Crippen molar-refractivity contribution >= 4 is 100 Å². The van der Waals surface area contributed by atoms with Crippen LogP contribution < -0.4 is 29.9 Å². The van der Waals surface area contributed by atoms with E-state index in [1.54, 1.807) is 23.8 Å². The van der Waals surface area contributed by atoms with Gasteiger partial charge in [0.2, 0.25) is 5.91 Å². The summed E-state index contributed by atoms with van der Waals surface area (Å²) in [4.78, 5) is 71.2. The van der Waals surface area contributed by atoms with E-state index in [1.807, 2.05) is 57.2 Å². The number of terminal acetylenes is 1. The zero-order chi connectivity index (χ0) is 52.6. The molecule has 3 aromatic rings. The number of rotatable bonds is 14. The maximum Gasteiger partial charge on any atom is 0.320 e. The zero-order valence-corrected chi connectivity index (χ0v) is 44.0. The lowest BCUT2D eigenvalue weighted by molar-refractivity contribution is -0.138. The maximum atomic E-state index is 14.4. The highest BCUT2D eigenvalue weighted by Crippen LogP contribution is 2.40. The summed E-state index contributed by atoms with van der Waals surface area (Å²) in [5.74, 6) is -0.0731. The Balaban J connectivity index is 0.000000256. The Hall–Kier alpha value is -4.69. The first kappa shape index (κ1) is 59.6. The number of nitrogens with zero attached hydrogens (tertiary/aromatic N) is 3. The van der Waals surface area contributed by atoms with Gasteiger partial charge in [0.05, 0.1) is 40.8 Å². The molecular formula is C49H60Cl4FN4O11P. The average Bonchev–Trinajstić information content (AvgIpc) is 3.57. The molecule has 3 aliphatic rings. The van der Waals surface area contributed by atoms with E-state index in [9.17, 15) is 32.9 Å². The van der Waals surface area contributed by atoms with Crippen LogP contribution in [0.15, 0.2) is 65.7 Å². The molecule has 6 rings (SSSR count). The third-order valence-electron chi connectivity index (χ3n) is 11.0. The largest absolute Gasteiger partial charge is 0.489 e. The van der Waals surface area contributed by atoms with Crippen molar-refractivity contribution in [3.05, 3.63) is 87.7 Å². The number of nitrogens with two attached hydrogens (primary N) is 1. The zero-order valence-electron chi connectivity index (χ0n) is 40.1. The van der Waals surface area contributed by atoms with Crippen LogP contribution in [0.5, 0.6) is 11.5 Å². The second kappa shape index (κ2) is 27.8. The molecule has 70 heavy (non-hydrogen) atoms. The third kappa shape index (κ3) is 16.2. The Morgan fingerprint density at radius 3 is 2.20 bits per heavy atom. The van der Waals surface area contributed by atoms with Gasteiger partial charge in [-0.05, 0) is 95.5 Å². The summed E-state index contributed by atoms with van der Waals surface area (Å²) in [6.07, 6.45) is 8.35. The van der Waals surface area contributed by atoms with Gasteiger partial charge in [-0.3, -0.25) is 28.5 Å². The monoisotopic (exact) mass is 1070 g/mol. The van der Waals surface area contributed by atoms with Crippen LogP contribution in [-0.4, -0.2) is 108 Å². The van der Waals surface area contributed by atoms with Gasteiger partial charge in [0.15, 0.2) is 18.3 Å². The Morgan fingerprint density at radius 1 is 1.06 bits per heavy atom. The number of benzene rings is 3. The normalized spacial score (nSPS) is 17.0. The number of anilines is 3. The summed E-state index contributed by atoms with van der Waals surface area (Å²) in [6.45, 7) is 11.7. The van der Waals surface area contributed by atoms with Gasteiger partial charge in [-0.1, -0.05) is 78.0 Å². The van der Waals surface area contributed by atoms with E-state index in [0.29, 0.717) is 43.0 Å². The molecule has 4 N–H and O–H groups in total. The number of ether oxygens (including phenoxy) is 3. The van der Waals surface area contributed by atoms with Crippen molar-refractivity contribution in [2.75, 3.05) is 53.7 Å². The molecular weight excluding hydrogens is 1010 g/mol. The predicted molar refractivity (Wildman–Crippen MR) is 274 cm³/mol. The molecule has 2 aliphatic heterocycles. The van der Waals surface area contributed by atoms with Gasteiger partial charge in [-0.15, -0.1) is 18.0 Å². The van der Waals surface area contributed by atoms with Gasteiger partial charge < -0.3 is 39.7 Å². The van der Waals surface area contributed by atoms with E-state index in [0.717, 1.165) is 52.7 Å². The SMILES string of the molecule is C#CC(C)Oc1cc(N2C(=O)C3=C(CCCC3)C2=O)c(F)cc1Cl.CC1COc2ccccc2N1C(=O)C(Cl)Cl.CCc1cccc(C)c1N(C(=O)CCl)C(C)COC.CP(=O)(O)CCC(N)C(=O)O. The number of halogens is 5. The number of para-hydroxylation sites is 3. The second-order valence-electron chi connectivity index (χ2n) is 16.6. The number of hydrogen-bond acceptors (Lipinski definition) is 10. The first-order valence-corrected chi connectivity index (χ1v) is 26.3. The molecule has 0 aromatic heterocycles. The molecule has 0 bridgehead atoms. The fourth-order valence-electron chi connectivity index (χ4n) is 7.53. The molecule has 2 heterocycles. The first-order valence-electron chi connectivity index (χ1n) is 22.2. The van der Waals surface area contributed by atoms with Gasteiger partial charge in [0.1, 0.15) is 35.8 Å². The molecule has 382 valence electrons. The average molecular weight is 1070 g/mol. The summed E-state index contributed by atoms with van der Waals surface area (Å²) in [5.41, 5.74) is 9.83. The lowest BCUT2D eigenvalue weighted by Crippen LogP contribution is -2.47. The fourth-order valence-corrected chi connectivity index (χ4v) is 8.82. The van der Waals surface area contributed by atoms with E-state index >= 15 is 0 Å². The summed E-state index contributed by atoms with van der Waals surface area (Å²) in [7, 11) is -1.47. The second-order valence-corrected chi connectivity index (χ2v) is 20.9. The highest BCUT2D eigenvalue weighted by atomic mass is 35.5. The maximum absolute atomic E-state index is 14.4. The Kier molecular flexibility index (Phi) is 23.7. The summed E-state index contributed by atoms with van der Waals surface area (Å²) in [5, 5.41) is 8.31. The minimum atomic E-state index is -3.10. The first-order chi connectivity index (χ1) is 32.9. The van der Waals surface area contributed by atoms with Crippen molar-refractivity contribution in [3.8, 4) is 23.8 Å². The van der Waals surface area contributed by atoms with Crippen LogP contribution in [0.25, 0.3) is 0 Å². The summed E-state index contributed by atoms with van der Waals surface area (Å²) in [6, 6.07) is 14.6. The number of hydrogen-bond donors (Lipinski definition) is 3. The van der Waals surface area contributed by atoms with Crippen molar-refractivity contribution < 1.29 is 57.1 Å².